The third-order valence-corrected chi connectivity index (χ3v) is 6.75. The largest absolute Gasteiger partial charge is 0.313 e. The van der Waals surface area contributed by atoms with E-state index < -0.39 is 10.2 Å². The van der Waals surface area contributed by atoms with Crippen LogP contribution >= 0.6 is 0 Å². The summed E-state index contributed by atoms with van der Waals surface area (Å²) in [5.74, 6) is 0. The summed E-state index contributed by atoms with van der Waals surface area (Å²) in [6.45, 7) is 6.84. The van der Waals surface area contributed by atoms with Crippen LogP contribution in [0.1, 0.15) is 52.4 Å². The highest BCUT2D eigenvalue weighted by molar-refractivity contribution is 7.86. The van der Waals surface area contributed by atoms with Crippen LogP contribution in [0.25, 0.3) is 0 Å². The van der Waals surface area contributed by atoms with Crippen molar-refractivity contribution in [2.24, 2.45) is 0 Å². The number of rotatable bonds is 5. The van der Waals surface area contributed by atoms with Crippen molar-refractivity contribution in [1.29, 1.82) is 0 Å². The van der Waals surface area contributed by atoms with Crippen molar-refractivity contribution in [3.63, 3.8) is 0 Å². The molecule has 0 aromatic rings. The summed E-state index contributed by atoms with van der Waals surface area (Å²) in [5, 5.41) is 3.45. The smallest absolute Gasteiger partial charge is 0.282 e. The van der Waals surface area contributed by atoms with Gasteiger partial charge < -0.3 is 5.32 Å². The maximum atomic E-state index is 12.8. The number of piperidine rings is 2. The molecular weight excluding hydrogens is 274 g/mol. The molecule has 2 unspecified atom stereocenters. The predicted octanol–water partition coefficient (Wildman–Crippen LogP) is 1.57. The summed E-state index contributed by atoms with van der Waals surface area (Å²) in [6.07, 6.45) is 6.61. The second-order valence-electron chi connectivity index (χ2n) is 6.06. The lowest BCUT2D eigenvalue weighted by Crippen LogP contribution is -2.53. The highest BCUT2D eigenvalue weighted by Gasteiger charge is 2.34. The molecule has 2 atom stereocenters. The molecule has 0 radical (unpaired) electrons. The van der Waals surface area contributed by atoms with Crippen LogP contribution in [0.2, 0.25) is 0 Å². The molecule has 2 aliphatic heterocycles. The summed E-state index contributed by atoms with van der Waals surface area (Å²) >= 11 is 0. The average Bonchev–Trinajstić information content (AvgIpc) is 2.46. The molecular formula is C14H29N3O2S. The fourth-order valence-corrected chi connectivity index (χ4v) is 5.19. The lowest BCUT2D eigenvalue weighted by atomic mass is 10.1. The Labute approximate surface area is 123 Å². The van der Waals surface area contributed by atoms with Gasteiger partial charge in [0.05, 0.1) is 0 Å². The Morgan fingerprint density at radius 3 is 2.55 bits per heavy atom. The van der Waals surface area contributed by atoms with Gasteiger partial charge >= 0.3 is 0 Å². The molecule has 0 saturated carbocycles. The fourth-order valence-electron chi connectivity index (χ4n) is 3.27. The number of nitrogens with one attached hydrogen (secondary N) is 1. The van der Waals surface area contributed by atoms with Gasteiger partial charge in [0.25, 0.3) is 10.2 Å². The van der Waals surface area contributed by atoms with Gasteiger partial charge in [-0.1, -0.05) is 19.8 Å². The molecule has 2 fully saturated rings. The lowest BCUT2D eigenvalue weighted by Gasteiger charge is -2.37. The molecule has 0 aromatic carbocycles. The number of hydrogen-bond donors (Lipinski definition) is 1. The van der Waals surface area contributed by atoms with Gasteiger partial charge in [0.2, 0.25) is 0 Å². The quantitative estimate of drug-likeness (QED) is 0.839. The minimum atomic E-state index is -3.30. The molecule has 1 N–H and O–H groups in total. The van der Waals surface area contributed by atoms with Crippen LogP contribution in [-0.4, -0.2) is 55.3 Å². The SMILES string of the molecule is CCN(CC1CCCCN1)S(=O)(=O)N1CCCCC1C. The van der Waals surface area contributed by atoms with Crippen molar-refractivity contribution < 1.29 is 8.42 Å². The zero-order valence-electron chi connectivity index (χ0n) is 12.8. The van der Waals surface area contributed by atoms with Gasteiger partial charge in [0.15, 0.2) is 0 Å². The molecule has 0 spiro atoms. The van der Waals surface area contributed by atoms with E-state index in [-0.39, 0.29) is 6.04 Å². The summed E-state index contributed by atoms with van der Waals surface area (Å²) < 4.78 is 29.0. The molecule has 0 aromatic heterocycles. The minimum Gasteiger partial charge on any atom is -0.313 e. The van der Waals surface area contributed by atoms with Crippen molar-refractivity contribution in [3.8, 4) is 0 Å². The van der Waals surface area contributed by atoms with Crippen LogP contribution in [0.3, 0.4) is 0 Å². The second kappa shape index (κ2) is 7.20. The molecule has 5 nitrogen and oxygen atoms in total. The standard InChI is InChI=1S/C14H29N3O2S/c1-3-16(12-14-9-4-6-10-15-14)20(18,19)17-11-7-5-8-13(17)2/h13-15H,3-12H2,1-2H3. The van der Waals surface area contributed by atoms with Crippen LogP contribution in [0.5, 0.6) is 0 Å². The molecule has 6 heteroatoms. The molecule has 2 saturated heterocycles. The first-order valence-corrected chi connectivity index (χ1v) is 9.45. The summed E-state index contributed by atoms with van der Waals surface area (Å²) in [7, 11) is -3.30. The van der Waals surface area contributed by atoms with E-state index in [1.165, 1.54) is 12.8 Å². The first-order valence-electron chi connectivity index (χ1n) is 8.06. The van der Waals surface area contributed by atoms with Gasteiger partial charge in [-0.15, -0.1) is 0 Å². The van der Waals surface area contributed by atoms with Gasteiger partial charge in [0, 0.05) is 31.7 Å². The zero-order chi connectivity index (χ0) is 14.6. The van der Waals surface area contributed by atoms with E-state index in [0.29, 0.717) is 25.7 Å². The molecule has 20 heavy (non-hydrogen) atoms. The van der Waals surface area contributed by atoms with E-state index in [9.17, 15) is 8.42 Å². The van der Waals surface area contributed by atoms with Crippen molar-refractivity contribution in [1.82, 2.24) is 13.9 Å². The van der Waals surface area contributed by atoms with E-state index >= 15 is 0 Å². The highest BCUT2D eigenvalue weighted by atomic mass is 32.2. The maximum absolute atomic E-state index is 12.8. The summed E-state index contributed by atoms with van der Waals surface area (Å²) in [6, 6.07) is 0.459. The molecule has 0 aliphatic carbocycles. The average molecular weight is 303 g/mol. The van der Waals surface area contributed by atoms with Gasteiger partial charge in [-0.3, -0.25) is 0 Å². The third-order valence-electron chi connectivity index (χ3n) is 4.55. The topological polar surface area (TPSA) is 52.7 Å². The van der Waals surface area contributed by atoms with E-state index in [0.717, 1.165) is 32.2 Å². The monoisotopic (exact) mass is 303 g/mol. The third kappa shape index (κ3) is 3.72. The van der Waals surface area contributed by atoms with Crippen LogP contribution in [0.15, 0.2) is 0 Å². The molecule has 2 rings (SSSR count). The Bertz CT molecular complexity index is 393. The molecule has 118 valence electrons. The molecule has 0 amide bonds. The van der Waals surface area contributed by atoms with E-state index in [1.807, 2.05) is 13.8 Å². The molecule has 0 bridgehead atoms. The van der Waals surface area contributed by atoms with Crippen molar-refractivity contribution in [3.05, 3.63) is 0 Å². The van der Waals surface area contributed by atoms with Gasteiger partial charge in [-0.2, -0.15) is 17.0 Å². The van der Waals surface area contributed by atoms with Crippen molar-refractivity contribution in [2.75, 3.05) is 26.2 Å². The summed E-state index contributed by atoms with van der Waals surface area (Å²) in [4.78, 5) is 0. The fraction of sp³-hybridized carbons (Fsp3) is 1.00. The Morgan fingerprint density at radius 1 is 1.20 bits per heavy atom. The van der Waals surface area contributed by atoms with E-state index in [2.05, 4.69) is 5.32 Å². The van der Waals surface area contributed by atoms with Crippen LogP contribution in [-0.2, 0) is 10.2 Å². The maximum Gasteiger partial charge on any atom is 0.282 e. The van der Waals surface area contributed by atoms with Crippen LogP contribution in [0.4, 0.5) is 0 Å². The minimum absolute atomic E-state index is 0.141. The van der Waals surface area contributed by atoms with Crippen molar-refractivity contribution >= 4 is 10.2 Å². The van der Waals surface area contributed by atoms with E-state index in [4.69, 9.17) is 0 Å². The van der Waals surface area contributed by atoms with E-state index in [1.54, 1.807) is 8.61 Å². The van der Waals surface area contributed by atoms with Crippen LogP contribution < -0.4 is 5.32 Å². The normalized spacial score (nSPS) is 29.8. The summed E-state index contributed by atoms with van der Waals surface area (Å²) in [5.41, 5.74) is 0. The Balaban J connectivity index is 2.03. The lowest BCUT2D eigenvalue weighted by molar-refractivity contribution is 0.236. The number of likely N-dealkylation sites (N-methyl/N-ethyl adjacent to an activating group) is 1. The highest BCUT2D eigenvalue weighted by Crippen LogP contribution is 2.23. The van der Waals surface area contributed by atoms with Crippen LogP contribution in [0, 0.1) is 0 Å². The predicted molar refractivity (Wildman–Crippen MR) is 81.8 cm³/mol. The number of nitrogens with zero attached hydrogens (tertiary/aromatic N) is 2. The molecule has 2 heterocycles. The first-order chi connectivity index (χ1) is 9.55. The first kappa shape index (κ1) is 16.2. The number of hydrogen-bond acceptors (Lipinski definition) is 3. The second-order valence-corrected chi connectivity index (χ2v) is 7.94. The van der Waals surface area contributed by atoms with Gasteiger partial charge in [-0.05, 0) is 39.2 Å². The Morgan fingerprint density at radius 2 is 1.95 bits per heavy atom. The Kier molecular flexibility index (Phi) is 5.84. The van der Waals surface area contributed by atoms with Gasteiger partial charge in [-0.25, -0.2) is 0 Å². The van der Waals surface area contributed by atoms with Crippen molar-refractivity contribution in [2.45, 2.75) is 64.5 Å². The Hall–Kier alpha value is -0.170. The zero-order valence-corrected chi connectivity index (χ0v) is 13.7. The molecule has 2 aliphatic rings. The van der Waals surface area contributed by atoms with Gasteiger partial charge in [0.1, 0.15) is 0 Å².